The highest BCUT2D eigenvalue weighted by Gasteiger charge is 2.63. The Morgan fingerprint density at radius 3 is 2.28 bits per heavy atom. The van der Waals surface area contributed by atoms with Crippen LogP contribution >= 0.6 is 23.5 Å². The number of hydrogen-bond acceptors (Lipinski definition) is 14. The number of hydrogen-bond donors (Lipinski definition) is 8. The minimum Gasteiger partial charge on any atom is -0.394 e. The Hall–Kier alpha value is -1.24. The van der Waals surface area contributed by atoms with Gasteiger partial charge in [-0.05, 0) is 4.65 Å². The second kappa shape index (κ2) is 8.52. The van der Waals surface area contributed by atoms with Gasteiger partial charge in [-0.25, -0.2) is 18.7 Å². The zero-order chi connectivity index (χ0) is 24.1. The number of quaternary nitrogens is 1. The van der Waals surface area contributed by atoms with Crippen molar-refractivity contribution in [3.05, 3.63) is 6.33 Å². The number of nitrogens with two attached hydrogens (primary N) is 1. The lowest BCUT2D eigenvalue weighted by molar-refractivity contribution is -0.164. The van der Waals surface area contributed by atoms with E-state index in [2.05, 4.69) is 23.6 Å². The highest BCUT2D eigenvalue weighted by atomic mass is 31.3. The van der Waals surface area contributed by atoms with Crippen molar-refractivity contribution < 1.29 is 66.6 Å². The molecule has 7 atom stereocenters. The zero-order valence-electron chi connectivity index (χ0n) is 15.4. The lowest BCUT2D eigenvalue weighted by Gasteiger charge is -2.32. The van der Waals surface area contributed by atoms with Crippen molar-refractivity contribution in [3.63, 3.8) is 0 Å². The molecule has 180 valence electrons. The molecule has 22 heteroatoms. The molecule has 3 unspecified atom stereocenters. The van der Waals surface area contributed by atoms with Gasteiger partial charge in [0.2, 0.25) is 6.34 Å². The van der Waals surface area contributed by atoms with E-state index < -0.39 is 65.1 Å². The first-order valence-corrected chi connectivity index (χ1v) is 12.7. The highest BCUT2D eigenvalue weighted by Crippen LogP contribution is 2.67. The van der Waals surface area contributed by atoms with Crippen LogP contribution < -0.4 is 10.4 Å². The minimum absolute atomic E-state index is 0.246. The summed E-state index contributed by atoms with van der Waals surface area (Å²) in [5.41, 5.74) is 5.42. The van der Waals surface area contributed by atoms with Crippen LogP contribution in [0.25, 0.3) is 0 Å². The molecule has 0 saturated carbocycles. The smallest absolute Gasteiger partial charge is 0.394 e. The van der Waals surface area contributed by atoms with Crippen molar-refractivity contribution in [2.24, 2.45) is 4.99 Å². The van der Waals surface area contributed by atoms with Crippen LogP contribution in [0.1, 0.15) is 0 Å². The summed E-state index contributed by atoms with van der Waals surface area (Å²) in [4.78, 5) is 48.0. The molecule has 2 aliphatic heterocycles. The first kappa shape index (κ1) is 25.4. The molecule has 0 bridgehead atoms. The number of nitrogens with zero attached hydrogens (tertiary/aromatic N) is 4. The van der Waals surface area contributed by atoms with Gasteiger partial charge in [-0.2, -0.15) is 18.6 Å². The van der Waals surface area contributed by atoms with Crippen LogP contribution in [-0.2, 0) is 31.7 Å². The van der Waals surface area contributed by atoms with Crippen molar-refractivity contribution in [1.82, 2.24) is 14.6 Å². The molecule has 1 aromatic heterocycles. The van der Waals surface area contributed by atoms with E-state index in [-0.39, 0.29) is 11.5 Å². The fraction of sp³-hybridized carbons (Fsp3) is 0.500. The van der Waals surface area contributed by atoms with Gasteiger partial charge in [0.25, 0.3) is 6.23 Å². The lowest BCUT2D eigenvalue weighted by Crippen LogP contribution is -2.59. The number of aliphatic hydroxyl groups is 3. The fourth-order valence-electron chi connectivity index (χ4n) is 2.92. The molecule has 9 N–H and O–H groups in total. The maximum atomic E-state index is 12.5. The Kier molecular flexibility index (Phi) is 6.76. The normalized spacial score (nSPS) is 33.6. The van der Waals surface area contributed by atoms with Gasteiger partial charge in [-0.15, -0.1) is 0 Å². The van der Waals surface area contributed by atoms with Crippen LogP contribution in [0.15, 0.2) is 11.3 Å². The molecule has 1 aromatic rings. The number of aromatic nitrogens is 2. The van der Waals surface area contributed by atoms with Gasteiger partial charge in [-0.1, -0.05) is 4.62 Å². The average molecular weight is 524 g/mol. The van der Waals surface area contributed by atoms with E-state index in [4.69, 9.17) is 24.9 Å². The van der Waals surface area contributed by atoms with Crippen LogP contribution in [0.2, 0.25) is 0 Å². The van der Waals surface area contributed by atoms with Crippen LogP contribution in [0, 0.1) is 0 Å². The molecular formula is C10H17N5O14P3+. The standard InChI is InChI=1S/C10H16N5O14P3/c11-8-5-9(13-2-12-8)15(3-14-5,10-7(18)6(17)4(1-16)26-10)27-31(22,23)29-32(24,25)28-30(19,20)21/h2-4,6-7,10,16-18H,1H2,(H5-,11,12,13,19,20,21,22,23,24,25)/p+1/t4-,6-,7-,10-,15?/m1/s1. The molecule has 1 saturated heterocycles. The molecule has 2 aliphatic rings. The van der Waals surface area contributed by atoms with Crippen molar-refractivity contribution in [2.75, 3.05) is 12.3 Å². The van der Waals surface area contributed by atoms with Crippen LogP contribution in [0.3, 0.4) is 0 Å². The minimum atomic E-state index is -5.90. The second-order valence-corrected chi connectivity index (χ2v) is 10.6. The number of fused-ring (bicyclic) bond motifs is 1. The Balaban J connectivity index is 2.04. The van der Waals surface area contributed by atoms with Gasteiger partial charge in [0.1, 0.15) is 18.5 Å². The number of rotatable bonds is 8. The number of nitrogen functional groups attached to an aromatic ring is 1. The van der Waals surface area contributed by atoms with E-state index in [1.54, 1.807) is 0 Å². The summed E-state index contributed by atoms with van der Waals surface area (Å²) in [7, 11) is -17.4. The highest BCUT2D eigenvalue weighted by molar-refractivity contribution is 7.66. The number of hydroxylamine groups is 2. The third kappa shape index (κ3) is 4.97. The van der Waals surface area contributed by atoms with E-state index in [0.29, 0.717) is 6.34 Å². The van der Waals surface area contributed by atoms with Crippen LogP contribution in [0.4, 0.5) is 17.3 Å². The van der Waals surface area contributed by atoms with Gasteiger partial charge in [0, 0.05) is 0 Å². The molecule has 0 radical (unpaired) electrons. The third-order valence-corrected chi connectivity index (χ3v) is 7.87. The quantitative estimate of drug-likeness (QED) is 0.131. The average Bonchev–Trinajstić information content (AvgIpc) is 3.12. The van der Waals surface area contributed by atoms with Crippen molar-refractivity contribution in [1.29, 1.82) is 0 Å². The summed E-state index contributed by atoms with van der Waals surface area (Å²) < 4.78 is 50.9. The summed E-state index contributed by atoms with van der Waals surface area (Å²) >= 11 is 0. The van der Waals surface area contributed by atoms with Crippen molar-refractivity contribution >= 4 is 47.1 Å². The Morgan fingerprint density at radius 1 is 1.06 bits per heavy atom. The predicted molar refractivity (Wildman–Crippen MR) is 99.1 cm³/mol. The van der Waals surface area contributed by atoms with E-state index in [0.717, 1.165) is 6.33 Å². The molecule has 0 aliphatic carbocycles. The number of ether oxygens (including phenoxy) is 1. The summed E-state index contributed by atoms with van der Waals surface area (Å²) in [5.74, 6) is -0.734. The predicted octanol–water partition coefficient (Wildman–Crippen LogP) is -2.26. The van der Waals surface area contributed by atoms with E-state index >= 15 is 0 Å². The second-order valence-electron chi connectivity index (χ2n) is 6.29. The number of aliphatic hydroxyl groups excluding tert-OH is 3. The number of phosphoric acid groups is 3. The Bertz CT molecular complexity index is 1070. The SMILES string of the molecule is Nc1ncnc2c1N=C[N+]2(OP(=O)(O)OP(=O)(O)OP(=O)(O)O)[C@@H]1O[C@H](CO)[C@@H](O)[C@H]1O. The van der Waals surface area contributed by atoms with E-state index in [9.17, 15) is 38.8 Å². The van der Waals surface area contributed by atoms with Crippen molar-refractivity contribution in [3.8, 4) is 0 Å². The van der Waals surface area contributed by atoms with Gasteiger partial charge >= 0.3 is 29.3 Å². The van der Waals surface area contributed by atoms with Gasteiger partial charge < -0.3 is 40.5 Å². The molecule has 1 fully saturated rings. The Morgan fingerprint density at radius 2 is 1.72 bits per heavy atom. The summed E-state index contributed by atoms with van der Waals surface area (Å²) in [6, 6.07) is 0. The first-order valence-electron chi connectivity index (χ1n) is 8.13. The number of anilines is 1. The fourth-order valence-corrected chi connectivity index (χ4v) is 6.09. The summed E-state index contributed by atoms with van der Waals surface area (Å²) in [5, 5.41) is 29.8. The molecule has 32 heavy (non-hydrogen) atoms. The third-order valence-electron chi connectivity index (χ3n) is 4.07. The van der Waals surface area contributed by atoms with Crippen molar-refractivity contribution in [2.45, 2.75) is 24.5 Å². The molecule has 3 rings (SSSR count). The Labute approximate surface area is 177 Å². The molecular weight excluding hydrogens is 507 g/mol. The maximum Gasteiger partial charge on any atom is 0.528 e. The summed E-state index contributed by atoms with van der Waals surface area (Å²) in [6.07, 6.45) is -5.40. The molecule has 0 aromatic carbocycles. The maximum absolute atomic E-state index is 12.5. The van der Waals surface area contributed by atoms with Gasteiger partial charge in [-0.3, -0.25) is 4.89 Å². The topological polar surface area (TPSA) is 294 Å². The summed E-state index contributed by atoms with van der Waals surface area (Å²) in [6.45, 7) is -0.806. The molecule has 19 nitrogen and oxygen atoms in total. The lowest BCUT2D eigenvalue weighted by atomic mass is 10.1. The van der Waals surface area contributed by atoms with Crippen LogP contribution in [-0.4, -0.2) is 82.3 Å². The first-order chi connectivity index (χ1) is 14.6. The monoisotopic (exact) mass is 524 g/mol. The number of aliphatic imine (C=N–C) groups is 1. The van der Waals surface area contributed by atoms with Crippen LogP contribution in [0.5, 0.6) is 0 Å². The molecule has 3 heterocycles. The molecule has 0 spiro atoms. The van der Waals surface area contributed by atoms with Gasteiger partial charge in [0.05, 0.1) is 6.61 Å². The van der Waals surface area contributed by atoms with E-state index in [1.807, 2.05) is 0 Å². The van der Waals surface area contributed by atoms with Gasteiger partial charge in [0.15, 0.2) is 17.6 Å². The zero-order valence-corrected chi connectivity index (χ0v) is 18.1. The molecule has 0 amide bonds. The van der Waals surface area contributed by atoms with E-state index in [1.165, 1.54) is 0 Å². The largest absolute Gasteiger partial charge is 0.528 e.